The average Bonchev–Trinajstić information content (AvgIpc) is 2.45. The van der Waals surface area contributed by atoms with Crippen molar-refractivity contribution < 1.29 is 9.53 Å². The van der Waals surface area contributed by atoms with Crippen LogP contribution in [0.5, 0.6) is 0 Å². The molecular weight excluding hydrogens is 264 g/mol. The van der Waals surface area contributed by atoms with E-state index in [9.17, 15) is 4.79 Å². The number of carbonyl (C=O) groups is 1. The fraction of sp³-hybridized carbons (Fsp3) is 0.529. The molecule has 0 bridgehead atoms. The summed E-state index contributed by atoms with van der Waals surface area (Å²) in [7, 11) is 0. The monoisotopic (exact) mass is 286 g/mol. The van der Waals surface area contributed by atoms with E-state index in [1.165, 1.54) is 0 Å². The summed E-state index contributed by atoms with van der Waals surface area (Å²) < 4.78 is 5.47. The normalized spacial score (nSPS) is 18.6. The Morgan fingerprint density at radius 1 is 1.33 bits per heavy atom. The van der Waals surface area contributed by atoms with Crippen LogP contribution >= 0.6 is 0 Å². The third-order valence-corrected chi connectivity index (χ3v) is 3.19. The molecule has 1 unspecified atom stereocenters. The average molecular weight is 286 g/mol. The molecule has 2 heterocycles. The number of hydrogen-bond donors (Lipinski definition) is 0. The topological polar surface area (TPSA) is 42.4 Å². The molecule has 0 saturated carbocycles. The van der Waals surface area contributed by atoms with Crippen LogP contribution in [0.15, 0.2) is 24.5 Å². The Morgan fingerprint density at radius 3 is 2.71 bits per heavy atom. The van der Waals surface area contributed by atoms with Gasteiger partial charge in [-0.25, -0.2) is 4.79 Å². The van der Waals surface area contributed by atoms with Gasteiger partial charge in [-0.15, -0.1) is 0 Å². The lowest BCUT2D eigenvalue weighted by Crippen LogP contribution is -2.45. The van der Waals surface area contributed by atoms with Crippen molar-refractivity contribution in [2.24, 2.45) is 0 Å². The van der Waals surface area contributed by atoms with E-state index in [-0.39, 0.29) is 12.1 Å². The smallest absolute Gasteiger partial charge is 0.411 e. The van der Waals surface area contributed by atoms with Crippen molar-refractivity contribution in [3.63, 3.8) is 0 Å². The number of carbonyl (C=O) groups excluding carboxylic acids is 1. The molecule has 0 radical (unpaired) electrons. The maximum atomic E-state index is 12.3. The molecule has 1 aromatic heterocycles. The highest BCUT2D eigenvalue weighted by Crippen LogP contribution is 2.20. The predicted molar refractivity (Wildman–Crippen MR) is 81.7 cm³/mol. The number of likely N-dealkylation sites (tertiary alicyclic amines) is 1. The van der Waals surface area contributed by atoms with E-state index in [0.717, 1.165) is 24.8 Å². The quantitative estimate of drug-likeness (QED) is 0.688. The van der Waals surface area contributed by atoms with Crippen molar-refractivity contribution in [3.05, 3.63) is 30.1 Å². The second-order valence-electron chi connectivity index (χ2n) is 6.19. The second kappa shape index (κ2) is 6.62. The van der Waals surface area contributed by atoms with Crippen molar-refractivity contribution in [1.82, 2.24) is 9.88 Å². The number of aromatic nitrogens is 1. The summed E-state index contributed by atoms with van der Waals surface area (Å²) in [6.45, 7) is 6.36. The zero-order chi connectivity index (χ0) is 15.3. The fourth-order valence-electron chi connectivity index (χ4n) is 2.22. The number of amides is 1. The highest BCUT2D eigenvalue weighted by Gasteiger charge is 2.29. The van der Waals surface area contributed by atoms with E-state index in [0.29, 0.717) is 6.54 Å². The second-order valence-corrected chi connectivity index (χ2v) is 6.19. The number of piperidine rings is 1. The van der Waals surface area contributed by atoms with E-state index in [1.807, 2.05) is 32.9 Å². The lowest BCUT2D eigenvalue weighted by molar-refractivity contribution is 0.0158. The number of nitrogens with zero attached hydrogens (tertiary/aromatic N) is 2. The van der Waals surface area contributed by atoms with Gasteiger partial charge in [-0.2, -0.15) is 0 Å². The van der Waals surface area contributed by atoms with E-state index >= 15 is 0 Å². The fourth-order valence-corrected chi connectivity index (χ4v) is 2.22. The van der Waals surface area contributed by atoms with Gasteiger partial charge in [0.05, 0.1) is 6.04 Å². The molecule has 0 aromatic carbocycles. The maximum absolute atomic E-state index is 12.3. The van der Waals surface area contributed by atoms with Gasteiger partial charge >= 0.3 is 6.09 Å². The van der Waals surface area contributed by atoms with Gasteiger partial charge in [0, 0.05) is 24.5 Å². The highest BCUT2D eigenvalue weighted by atomic mass is 16.6. The minimum atomic E-state index is -0.475. The number of ether oxygens (including phenoxy) is 1. The zero-order valence-corrected chi connectivity index (χ0v) is 12.9. The summed E-state index contributed by atoms with van der Waals surface area (Å²) in [6.07, 6.45) is 6.17. The molecular formula is C17H22N2O2. The van der Waals surface area contributed by atoms with Gasteiger partial charge in [0.2, 0.25) is 0 Å². The predicted octanol–water partition coefficient (Wildman–Crippen LogP) is 3.22. The number of hydrogen-bond acceptors (Lipinski definition) is 3. The minimum Gasteiger partial charge on any atom is -0.444 e. The Kier molecular flexibility index (Phi) is 4.85. The largest absolute Gasteiger partial charge is 0.444 e. The molecule has 0 spiro atoms. The lowest BCUT2D eigenvalue weighted by atomic mass is 10.0. The Bertz CT molecular complexity index is 537. The Hall–Kier alpha value is -2.02. The number of pyridine rings is 1. The van der Waals surface area contributed by atoms with Crippen LogP contribution in [0.25, 0.3) is 0 Å². The first-order chi connectivity index (χ1) is 9.96. The van der Waals surface area contributed by atoms with Gasteiger partial charge in [-0.05, 0) is 52.2 Å². The van der Waals surface area contributed by atoms with Crippen LogP contribution < -0.4 is 0 Å². The summed E-state index contributed by atoms with van der Waals surface area (Å²) in [5.74, 6) is 6.32. The molecule has 2 rings (SSSR count). The SMILES string of the molecule is CC(C)(C)OC(=O)N1CCCCC1C#Cc1ccncc1. The van der Waals surface area contributed by atoms with Crippen molar-refractivity contribution in [2.45, 2.75) is 51.7 Å². The van der Waals surface area contributed by atoms with Crippen LogP contribution in [-0.2, 0) is 4.74 Å². The van der Waals surface area contributed by atoms with Crippen molar-refractivity contribution in [1.29, 1.82) is 0 Å². The summed E-state index contributed by atoms with van der Waals surface area (Å²) in [5.41, 5.74) is 0.442. The first-order valence-corrected chi connectivity index (χ1v) is 7.37. The van der Waals surface area contributed by atoms with Crippen molar-refractivity contribution >= 4 is 6.09 Å². The summed E-state index contributed by atoms with van der Waals surface area (Å²) in [5, 5.41) is 0. The van der Waals surface area contributed by atoms with Gasteiger partial charge in [0.1, 0.15) is 5.60 Å². The Balaban J connectivity index is 2.09. The van der Waals surface area contributed by atoms with Crippen LogP contribution in [0, 0.1) is 11.8 Å². The van der Waals surface area contributed by atoms with E-state index in [4.69, 9.17) is 4.74 Å². The van der Waals surface area contributed by atoms with Crippen LogP contribution in [-0.4, -0.2) is 34.2 Å². The van der Waals surface area contributed by atoms with Gasteiger partial charge < -0.3 is 4.74 Å². The molecule has 4 heteroatoms. The molecule has 1 fully saturated rings. The Morgan fingerprint density at radius 2 is 2.05 bits per heavy atom. The zero-order valence-electron chi connectivity index (χ0n) is 12.9. The number of rotatable bonds is 0. The molecule has 1 aliphatic heterocycles. The first-order valence-electron chi connectivity index (χ1n) is 7.37. The van der Waals surface area contributed by atoms with Crippen LogP contribution in [0.4, 0.5) is 4.79 Å². The van der Waals surface area contributed by atoms with Crippen molar-refractivity contribution in [3.8, 4) is 11.8 Å². The molecule has 0 N–H and O–H groups in total. The van der Waals surface area contributed by atoms with E-state index < -0.39 is 5.60 Å². The van der Waals surface area contributed by atoms with Crippen LogP contribution in [0.1, 0.15) is 45.6 Å². The molecule has 1 atom stereocenters. The standard InChI is InChI=1S/C17H22N2O2/c1-17(2,3)21-16(20)19-13-5-4-6-15(19)8-7-14-9-11-18-12-10-14/h9-12,15H,4-6,13H2,1-3H3. The maximum Gasteiger partial charge on any atom is 0.411 e. The van der Waals surface area contributed by atoms with E-state index in [2.05, 4.69) is 16.8 Å². The molecule has 4 nitrogen and oxygen atoms in total. The molecule has 1 aliphatic rings. The van der Waals surface area contributed by atoms with Gasteiger partial charge in [0.25, 0.3) is 0 Å². The third kappa shape index (κ3) is 4.78. The minimum absolute atomic E-state index is 0.0678. The summed E-state index contributed by atoms with van der Waals surface area (Å²) in [6, 6.07) is 3.67. The molecule has 21 heavy (non-hydrogen) atoms. The van der Waals surface area contributed by atoms with Crippen LogP contribution in [0.3, 0.4) is 0 Å². The first kappa shape index (κ1) is 15.4. The van der Waals surface area contributed by atoms with Gasteiger partial charge in [-0.1, -0.05) is 11.8 Å². The third-order valence-electron chi connectivity index (χ3n) is 3.19. The van der Waals surface area contributed by atoms with Gasteiger partial charge in [-0.3, -0.25) is 9.88 Å². The summed E-state index contributed by atoms with van der Waals surface area (Å²) in [4.78, 5) is 18.0. The molecule has 112 valence electrons. The molecule has 0 aliphatic carbocycles. The van der Waals surface area contributed by atoms with E-state index in [1.54, 1.807) is 17.3 Å². The summed E-state index contributed by atoms with van der Waals surface area (Å²) >= 11 is 0. The van der Waals surface area contributed by atoms with Crippen LogP contribution in [0.2, 0.25) is 0 Å². The van der Waals surface area contributed by atoms with Crippen molar-refractivity contribution in [2.75, 3.05) is 6.54 Å². The highest BCUT2D eigenvalue weighted by molar-refractivity contribution is 5.69. The lowest BCUT2D eigenvalue weighted by Gasteiger charge is -2.34. The Labute approximate surface area is 126 Å². The molecule has 1 saturated heterocycles. The van der Waals surface area contributed by atoms with Gasteiger partial charge in [0.15, 0.2) is 0 Å². The molecule has 1 amide bonds. The molecule has 1 aromatic rings.